The molecular weight excluding hydrogens is 307 g/mol. The van der Waals surface area contributed by atoms with Crippen molar-refractivity contribution < 1.29 is 22.6 Å². The van der Waals surface area contributed by atoms with E-state index in [9.17, 15) is 13.2 Å². The molecule has 0 saturated heterocycles. The fourth-order valence-electron chi connectivity index (χ4n) is 2.11. The van der Waals surface area contributed by atoms with Crippen LogP contribution in [-0.2, 0) is 0 Å². The van der Waals surface area contributed by atoms with Crippen molar-refractivity contribution in [1.29, 1.82) is 0 Å². The number of aromatic nitrogens is 1. The van der Waals surface area contributed by atoms with Gasteiger partial charge in [-0.05, 0) is 49.4 Å². The van der Waals surface area contributed by atoms with Gasteiger partial charge in [-0.2, -0.15) is 0 Å². The van der Waals surface area contributed by atoms with Crippen molar-refractivity contribution in [2.24, 2.45) is 0 Å². The molecule has 0 aliphatic rings. The van der Waals surface area contributed by atoms with E-state index in [1.54, 1.807) is 6.07 Å². The highest BCUT2D eigenvalue weighted by molar-refractivity contribution is 5.79. The Morgan fingerprint density at radius 2 is 1.57 bits per heavy atom. The van der Waals surface area contributed by atoms with Gasteiger partial charge >= 0.3 is 6.36 Å². The molecule has 0 radical (unpaired) electrons. The molecule has 0 bridgehead atoms. The number of fused-ring (bicyclic) bond motifs is 1. The summed E-state index contributed by atoms with van der Waals surface area (Å²) in [5, 5.41) is 0.992. The quantitative estimate of drug-likeness (QED) is 0.662. The number of nitrogens with zero attached hydrogens (tertiary/aromatic N) is 1. The van der Waals surface area contributed by atoms with Gasteiger partial charge in [-0.1, -0.05) is 11.6 Å². The lowest BCUT2D eigenvalue weighted by Crippen LogP contribution is -2.16. The minimum atomic E-state index is -4.71. The van der Waals surface area contributed by atoms with Crippen LogP contribution in [0.2, 0.25) is 0 Å². The predicted molar refractivity (Wildman–Crippen MR) is 79.7 cm³/mol. The Morgan fingerprint density at radius 3 is 2.26 bits per heavy atom. The van der Waals surface area contributed by atoms with Crippen molar-refractivity contribution in [3.05, 3.63) is 60.2 Å². The molecule has 2 aromatic carbocycles. The average Bonchev–Trinajstić information content (AvgIpc) is 2.48. The van der Waals surface area contributed by atoms with E-state index in [4.69, 9.17) is 4.74 Å². The number of benzene rings is 2. The summed E-state index contributed by atoms with van der Waals surface area (Å²) < 4.78 is 45.7. The van der Waals surface area contributed by atoms with E-state index in [1.165, 1.54) is 24.3 Å². The zero-order valence-electron chi connectivity index (χ0n) is 12.1. The molecule has 0 fully saturated rings. The summed E-state index contributed by atoms with van der Waals surface area (Å²) in [5.74, 6) is 0.441. The van der Waals surface area contributed by atoms with E-state index in [0.717, 1.165) is 16.5 Å². The van der Waals surface area contributed by atoms with Crippen LogP contribution in [0.4, 0.5) is 13.2 Å². The monoisotopic (exact) mass is 319 g/mol. The first-order valence-electron chi connectivity index (χ1n) is 6.80. The Bertz CT molecular complexity index is 829. The summed E-state index contributed by atoms with van der Waals surface area (Å²) in [6.45, 7) is 1.99. The van der Waals surface area contributed by atoms with Gasteiger partial charge in [0.1, 0.15) is 11.5 Å². The maximum absolute atomic E-state index is 12.1. The van der Waals surface area contributed by atoms with Gasteiger partial charge < -0.3 is 9.47 Å². The molecule has 1 heterocycles. The zero-order chi connectivity index (χ0) is 16.4. The predicted octanol–water partition coefficient (Wildman–Crippen LogP) is 5.23. The van der Waals surface area contributed by atoms with Crippen LogP contribution in [0.5, 0.6) is 17.4 Å². The Morgan fingerprint density at radius 1 is 0.870 bits per heavy atom. The second kappa shape index (κ2) is 5.79. The number of halogens is 3. The van der Waals surface area contributed by atoms with Crippen molar-refractivity contribution in [2.75, 3.05) is 0 Å². The average molecular weight is 319 g/mol. The second-order valence-corrected chi connectivity index (χ2v) is 4.97. The van der Waals surface area contributed by atoms with Crippen molar-refractivity contribution in [2.45, 2.75) is 13.3 Å². The van der Waals surface area contributed by atoms with Crippen LogP contribution < -0.4 is 9.47 Å². The van der Waals surface area contributed by atoms with Gasteiger partial charge in [0.15, 0.2) is 0 Å². The highest BCUT2D eigenvalue weighted by Gasteiger charge is 2.30. The summed E-state index contributed by atoms with van der Waals surface area (Å²) >= 11 is 0. The third-order valence-corrected chi connectivity index (χ3v) is 3.10. The lowest BCUT2D eigenvalue weighted by Gasteiger charge is -2.10. The molecule has 0 atom stereocenters. The highest BCUT2D eigenvalue weighted by atomic mass is 19.4. The Labute approximate surface area is 130 Å². The van der Waals surface area contributed by atoms with Gasteiger partial charge in [0, 0.05) is 11.5 Å². The van der Waals surface area contributed by atoms with E-state index < -0.39 is 6.36 Å². The molecule has 0 aliphatic carbocycles. The smallest absolute Gasteiger partial charge is 0.439 e. The number of ether oxygens (including phenoxy) is 2. The van der Waals surface area contributed by atoms with Crippen LogP contribution in [0.15, 0.2) is 54.6 Å². The van der Waals surface area contributed by atoms with E-state index in [-0.39, 0.29) is 5.75 Å². The number of hydrogen-bond donors (Lipinski definition) is 0. The molecule has 0 amide bonds. The fourth-order valence-corrected chi connectivity index (χ4v) is 2.11. The first kappa shape index (κ1) is 15.1. The number of hydrogen-bond acceptors (Lipinski definition) is 3. The van der Waals surface area contributed by atoms with Crippen molar-refractivity contribution >= 4 is 10.9 Å². The largest absolute Gasteiger partial charge is 0.573 e. The van der Waals surface area contributed by atoms with E-state index in [1.807, 2.05) is 31.2 Å². The summed E-state index contributed by atoms with van der Waals surface area (Å²) in [6, 6.07) is 14.6. The molecule has 0 spiro atoms. The Hall–Kier alpha value is -2.76. The molecule has 0 saturated carbocycles. The van der Waals surface area contributed by atoms with Gasteiger partial charge in [0.2, 0.25) is 5.88 Å². The summed E-state index contributed by atoms with van der Waals surface area (Å²) in [4.78, 5) is 4.36. The molecule has 0 N–H and O–H groups in total. The van der Waals surface area contributed by atoms with Gasteiger partial charge in [-0.25, -0.2) is 4.98 Å². The molecular formula is C17H12F3NO2. The molecule has 3 rings (SSSR count). The molecule has 3 nitrogen and oxygen atoms in total. The molecule has 0 aliphatic heterocycles. The topological polar surface area (TPSA) is 31.4 Å². The van der Waals surface area contributed by atoms with Gasteiger partial charge in [-0.3, -0.25) is 0 Å². The van der Waals surface area contributed by atoms with Crippen LogP contribution in [0.3, 0.4) is 0 Å². The minimum Gasteiger partial charge on any atom is -0.439 e. The van der Waals surface area contributed by atoms with E-state index in [0.29, 0.717) is 11.6 Å². The summed E-state index contributed by atoms with van der Waals surface area (Å²) in [5.41, 5.74) is 1.92. The lowest BCUT2D eigenvalue weighted by molar-refractivity contribution is -0.274. The van der Waals surface area contributed by atoms with Gasteiger partial charge in [0.05, 0.1) is 5.52 Å². The molecule has 118 valence electrons. The van der Waals surface area contributed by atoms with Gasteiger partial charge in [0.25, 0.3) is 0 Å². The zero-order valence-corrected chi connectivity index (χ0v) is 12.1. The van der Waals surface area contributed by atoms with Crippen molar-refractivity contribution in [1.82, 2.24) is 4.98 Å². The van der Waals surface area contributed by atoms with Crippen LogP contribution in [0, 0.1) is 6.92 Å². The number of rotatable bonds is 3. The third kappa shape index (κ3) is 3.91. The van der Waals surface area contributed by atoms with E-state index in [2.05, 4.69) is 9.72 Å². The molecule has 6 heteroatoms. The van der Waals surface area contributed by atoms with E-state index >= 15 is 0 Å². The Balaban J connectivity index is 1.77. The first-order chi connectivity index (χ1) is 10.9. The fraction of sp³-hybridized carbons (Fsp3) is 0.118. The van der Waals surface area contributed by atoms with Crippen molar-refractivity contribution in [3.8, 4) is 17.4 Å². The van der Waals surface area contributed by atoms with Crippen LogP contribution in [0.25, 0.3) is 10.9 Å². The SMILES string of the molecule is Cc1ccc2nc(Oc3ccc(OC(F)(F)F)cc3)ccc2c1. The molecule has 1 aromatic heterocycles. The van der Waals surface area contributed by atoms with Gasteiger partial charge in [-0.15, -0.1) is 13.2 Å². The van der Waals surface area contributed by atoms with Crippen molar-refractivity contribution in [3.63, 3.8) is 0 Å². The first-order valence-corrected chi connectivity index (χ1v) is 6.80. The molecule has 3 aromatic rings. The number of aryl methyl sites for hydroxylation is 1. The van der Waals surface area contributed by atoms with Crippen LogP contribution >= 0.6 is 0 Å². The summed E-state index contributed by atoms with van der Waals surface area (Å²) in [7, 11) is 0. The lowest BCUT2D eigenvalue weighted by atomic mass is 10.1. The number of alkyl halides is 3. The minimum absolute atomic E-state index is 0.299. The second-order valence-electron chi connectivity index (χ2n) is 4.97. The molecule has 23 heavy (non-hydrogen) atoms. The maximum atomic E-state index is 12.1. The highest BCUT2D eigenvalue weighted by Crippen LogP contribution is 2.27. The van der Waals surface area contributed by atoms with Crippen LogP contribution in [-0.4, -0.2) is 11.3 Å². The third-order valence-electron chi connectivity index (χ3n) is 3.10. The number of pyridine rings is 1. The summed E-state index contributed by atoms with van der Waals surface area (Å²) in [6.07, 6.45) is -4.71. The van der Waals surface area contributed by atoms with Crippen LogP contribution in [0.1, 0.15) is 5.56 Å². The molecule has 0 unspecified atom stereocenters. The normalized spacial score (nSPS) is 11.5. The standard InChI is InChI=1S/C17H12F3NO2/c1-11-2-8-15-12(10-11)3-9-16(21-15)22-13-4-6-14(7-5-13)23-17(18,19)20/h2-10H,1H3. The Kier molecular flexibility index (Phi) is 3.82. The maximum Gasteiger partial charge on any atom is 0.573 e.